The fourth-order valence-electron chi connectivity index (χ4n) is 4.96. The van der Waals surface area contributed by atoms with E-state index >= 15 is 0 Å². The maximum absolute atomic E-state index is 12.8. The molecule has 6 heteroatoms. The first kappa shape index (κ1) is 23.4. The number of hydrogen-bond donors (Lipinski definition) is 2. The molecule has 0 saturated heterocycles. The number of hydrogen-bond acceptors (Lipinski definition) is 5. The van der Waals surface area contributed by atoms with E-state index in [1.165, 1.54) is 11.8 Å². The molecule has 2 N–H and O–H groups in total. The van der Waals surface area contributed by atoms with Crippen LogP contribution in [0.15, 0.2) is 102 Å². The smallest absolute Gasteiger partial charge is 0.251 e. The molecule has 1 saturated carbocycles. The van der Waals surface area contributed by atoms with Crippen LogP contribution in [-0.2, 0) is 12.0 Å². The fourth-order valence-corrected chi connectivity index (χ4v) is 4.96. The standard InChI is InChI=1S/C30H29N3O3/c1-22(31-24-14-16-26(17-15-24)36-25-12-6-3-7-13-25)28-29(35)27(34)20-33(32-28)21-30(18-8-9-19-30)23-10-4-2-5-11-23/h2-7,10-17,20,31,34H,1,8-9,18-19,21H2. The minimum atomic E-state index is -0.548. The van der Waals surface area contributed by atoms with Crippen LogP contribution in [0.1, 0.15) is 36.9 Å². The number of aromatic hydroxyl groups is 1. The van der Waals surface area contributed by atoms with Gasteiger partial charge >= 0.3 is 0 Å². The molecule has 0 spiro atoms. The average Bonchev–Trinajstić information content (AvgIpc) is 3.38. The Balaban J connectivity index is 1.35. The van der Waals surface area contributed by atoms with Crippen molar-refractivity contribution in [1.82, 2.24) is 9.78 Å². The summed E-state index contributed by atoms with van der Waals surface area (Å²) in [6.45, 7) is 4.61. The molecule has 4 aromatic rings. The Morgan fingerprint density at radius 1 is 0.944 bits per heavy atom. The first-order valence-corrected chi connectivity index (χ1v) is 12.2. The van der Waals surface area contributed by atoms with Gasteiger partial charge in [0.1, 0.15) is 11.5 Å². The van der Waals surface area contributed by atoms with Crippen LogP contribution in [0, 0.1) is 0 Å². The van der Waals surface area contributed by atoms with E-state index in [0.29, 0.717) is 18.0 Å². The van der Waals surface area contributed by atoms with Crippen LogP contribution in [0.5, 0.6) is 17.2 Å². The Hall–Kier alpha value is -4.32. The van der Waals surface area contributed by atoms with Crippen LogP contribution in [0.3, 0.4) is 0 Å². The Morgan fingerprint density at radius 3 is 2.22 bits per heavy atom. The highest BCUT2D eigenvalue weighted by molar-refractivity contribution is 5.73. The molecule has 1 aliphatic carbocycles. The number of nitrogens with zero attached hydrogens (tertiary/aromatic N) is 2. The minimum Gasteiger partial charge on any atom is -0.503 e. The van der Waals surface area contributed by atoms with Crippen molar-refractivity contribution in [3.8, 4) is 17.2 Å². The van der Waals surface area contributed by atoms with Gasteiger partial charge in [-0.3, -0.25) is 9.48 Å². The summed E-state index contributed by atoms with van der Waals surface area (Å²) in [4.78, 5) is 12.8. The van der Waals surface area contributed by atoms with Gasteiger partial charge in [0.2, 0.25) is 0 Å². The summed E-state index contributed by atoms with van der Waals surface area (Å²) in [6.07, 6.45) is 5.80. The topological polar surface area (TPSA) is 76.4 Å². The van der Waals surface area contributed by atoms with Gasteiger partial charge in [-0.15, -0.1) is 0 Å². The maximum Gasteiger partial charge on any atom is 0.251 e. The lowest BCUT2D eigenvalue weighted by Crippen LogP contribution is -2.31. The van der Waals surface area contributed by atoms with Gasteiger partial charge in [0.25, 0.3) is 5.43 Å². The largest absolute Gasteiger partial charge is 0.503 e. The number of para-hydroxylation sites is 1. The summed E-state index contributed by atoms with van der Waals surface area (Å²) < 4.78 is 7.52. The monoisotopic (exact) mass is 479 g/mol. The quantitative estimate of drug-likeness (QED) is 0.309. The normalized spacial score (nSPS) is 14.3. The lowest BCUT2D eigenvalue weighted by atomic mass is 9.79. The summed E-state index contributed by atoms with van der Waals surface area (Å²) in [7, 11) is 0. The molecule has 1 aliphatic rings. The van der Waals surface area contributed by atoms with E-state index in [9.17, 15) is 9.90 Å². The van der Waals surface area contributed by atoms with Crippen LogP contribution >= 0.6 is 0 Å². The van der Waals surface area contributed by atoms with Gasteiger partial charge in [-0.05, 0) is 54.8 Å². The summed E-state index contributed by atoms with van der Waals surface area (Å²) in [5.74, 6) is 1.11. The average molecular weight is 480 g/mol. The third-order valence-electron chi connectivity index (χ3n) is 6.77. The first-order valence-electron chi connectivity index (χ1n) is 12.2. The van der Waals surface area contributed by atoms with Crippen molar-refractivity contribution in [2.24, 2.45) is 0 Å². The van der Waals surface area contributed by atoms with E-state index in [1.807, 2.05) is 60.7 Å². The molecule has 36 heavy (non-hydrogen) atoms. The molecule has 0 bridgehead atoms. The highest BCUT2D eigenvalue weighted by Gasteiger charge is 2.36. The van der Waals surface area contributed by atoms with E-state index < -0.39 is 5.43 Å². The molecule has 0 unspecified atom stereocenters. The van der Waals surface area contributed by atoms with Crippen molar-refractivity contribution in [3.63, 3.8) is 0 Å². The van der Waals surface area contributed by atoms with Gasteiger partial charge in [-0.25, -0.2) is 0 Å². The predicted molar refractivity (Wildman–Crippen MR) is 142 cm³/mol. The van der Waals surface area contributed by atoms with E-state index in [4.69, 9.17) is 4.74 Å². The molecule has 5 rings (SSSR count). The lowest BCUT2D eigenvalue weighted by Gasteiger charge is -2.30. The minimum absolute atomic E-state index is 0.0730. The molecule has 1 aromatic heterocycles. The number of aromatic nitrogens is 2. The van der Waals surface area contributed by atoms with E-state index in [0.717, 1.165) is 37.1 Å². The van der Waals surface area contributed by atoms with Crippen LogP contribution in [0.25, 0.3) is 5.70 Å². The van der Waals surface area contributed by atoms with Gasteiger partial charge in [0.15, 0.2) is 11.4 Å². The summed E-state index contributed by atoms with van der Waals surface area (Å²) in [5.41, 5.74) is 1.79. The van der Waals surface area contributed by atoms with Crippen LogP contribution in [0.4, 0.5) is 5.69 Å². The van der Waals surface area contributed by atoms with Gasteiger partial charge in [0.05, 0.1) is 18.4 Å². The summed E-state index contributed by atoms with van der Waals surface area (Å²) >= 11 is 0. The second-order valence-electron chi connectivity index (χ2n) is 9.29. The molecule has 1 fully saturated rings. The van der Waals surface area contributed by atoms with Crippen LogP contribution in [0.2, 0.25) is 0 Å². The number of anilines is 1. The van der Waals surface area contributed by atoms with Crippen molar-refractivity contribution in [1.29, 1.82) is 0 Å². The summed E-state index contributed by atoms with van der Waals surface area (Å²) in [5, 5.41) is 18.2. The van der Waals surface area contributed by atoms with Gasteiger partial charge in [-0.1, -0.05) is 68.0 Å². The second-order valence-corrected chi connectivity index (χ2v) is 9.29. The van der Waals surface area contributed by atoms with Gasteiger partial charge < -0.3 is 15.2 Å². The van der Waals surface area contributed by atoms with Crippen molar-refractivity contribution in [3.05, 3.63) is 119 Å². The zero-order valence-electron chi connectivity index (χ0n) is 20.1. The first-order chi connectivity index (χ1) is 17.5. The highest BCUT2D eigenvalue weighted by Crippen LogP contribution is 2.42. The van der Waals surface area contributed by atoms with Crippen molar-refractivity contribution in [2.45, 2.75) is 37.6 Å². The van der Waals surface area contributed by atoms with Crippen molar-refractivity contribution in [2.75, 3.05) is 5.32 Å². The molecular weight excluding hydrogens is 450 g/mol. The number of rotatable bonds is 8. The predicted octanol–water partition coefficient (Wildman–Crippen LogP) is 6.34. The van der Waals surface area contributed by atoms with Gasteiger partial charge in [0, 0.05) is 11.1 Å². The Bertz CT molecular complexity index is 1390. The summed E-state index contributed by atoms with van der Waals surface area (Å²) in [6, 6.07) is 27.3. The molecule has 3 aromatic carbocycles. The van der Waals surface area contributed by atoms with E-state index in [-0.39, 0.29) is 16.9 Å². The van der Waals surface area contributed by atoms with Crippen LogP contribution in [-0.4, -0.2) is 14.9 Å². The van der Waals surface area contributed by atoms with Crippen molar-refractivity contribution >= 4 is 11.4 Å². The number of benzene rings is 3. The maximum atomic E-state index is 12.8. The fraction of sp³-hybridized carbons (Fsp3) is 0.200. The third kappa shape index (κ3) is 5.03. The molecule has 182 valence electrons. The zero-order valence-corrected chi connectivity index (χ0v) is 20.1. The Labute approximate surface area is 210 Å². The molecular formula is C30H29N3O3. The number of nitrogens with one attached hydrogen (secondary N) is 1. The van der Waals surface area contributed by atoms with Gasteiger partial charge in [-0.2, -0.15) is 5.10 Å². The van der Waals surface area contributed by atoms with Crippen molar-refractivity contribution < 1.29 is 9.84 Å². The highest BCUT2D eigenvalue weighted by atomic mass is 16.5. The van der Waals surface area contributed by atoms with E-state index in [1.54, 1.807) is 4.68 Å². The third-order valence-corrected chi connectivity index (χ3v) is 6.77. The Kier molecular flexibility index (Phi) is 6.58. The SMILES string of the molecule is C=C(Nc1ccc(Oc2ccccc2)cc1)c1nn(CC2(c3ccccc3)CCCC2)cc(O)c1=O. The van der Waals surface area contributed by atoms with Crippen LogP contribution < -0.4 is 15.5 Å². The van der Waals surface area contributed by atoms with E-state index in [2.05, 4.69) is 41.3 Å². The zero-order chi connectivity index (χ0) is 25.0. The molecule has 0 radical (unpaired) electrons. The molecule has 6 nitrogen and oxygen atoms in total. The number of ether oxygens (including phenoxy) is 1. The second kappa shape index (κ2) is 10.1. The molecule has 0 aliphatic heterocycles. The Morgan fingerprint density at radius 2 is 1.56 bits per heavy atom. The molecule has 0 amide bonds. The molecule has 1 heterocycles. The molecule has 0 atom stereocenters. The lowest BCUT2D eigenvalue weighted by molar-refractivity contribution is 0.341.